The first-order valence-corrected chi connectivity index (χ1v) is 7.73. The van der Waals surface area contributed by atoms with Crippen LogP contribution in [0.1, 0.15) is 12.5 Å². The van der Waals surface area contributed by atoms with Crippen LogP contribution in [0.25, 0.3) is 0 Å². The first-order chi connectivity index (χ1) is 10.6. The summed E-state index contributed by atoms with van der Waals surface area (Å²) in [7, 11) is 0. The number of ether oxygens (including phenoxy) is 1. The number of hydrogen-bond donors (Lipinski definition) is 1. The molecule has 4 nitrogen and oxygen atoms in total. The molecule has 6 heteroatoms. The molecule has 2 rings (SSSR count). The van der Waals surface area contributed by atoms with E-state index in [1.165, 1.54) is 0 Å². The average Bonchev–Trinajstić information content (AvgIpc) is 2.51. The van der Waals surface area contributed by atoms with Crippen LogP contribution >= 0.6 is 27.5 Å². The van der Waals surface area contributed by atoms with Gasteiger partial charge in [0.2, 0.25) is 0 Å². The molecule has 2 aromatic carbocycles. The molecule has 0 heterocycles. The zero-order valence-corrected chi connectivity index (χ0v) is 14.1. The third-order valence-corrected chi connectivity index (χ3v) is 3.75. The zero-order valence-electron chi connectivity index (χ0n) is 11.8. The highest BCUT2D eigenvalue weighted by atomic mass is 79.9. The largest absolute Gasteiger partial charge is 0.481 e. The van der Waals surface area contributed by atoms with E-state index in [1.807, 2.05) is 24.3 Å². The van der Waals surface area contributed by atoms with Crippen LogP contribution < -0.4 is 10.2 Å². The molecular formula is C16H14BrClN2O2. The lowest BCUT2D eigenvalue weighted by Gasteiger charge is -2.12. The molecule has 1 atom stereocenters. The maximum Gasteiger partial charge on any atom is 0.280 e. The van der Waals surface area contributed by atoms with Crippen molar-refractivity contribution in [3.8, 4) is 5.75 Å². The second-order valence-electron chi connectivity index (χ2n) is 4.47. The fourth-order valence-corrected chi connectivity index (χ4v) is 2.12. The van der Waals surface area contributed by atoms with Crippen molar-refractivity contribution < 1.29 is 9.53 Å². The molecule has 22 heavy (non-hydrogen) atoms. The maximum atomic E-state index is 11.9. The molecule has 0 bridgehead atoms. The molecule has 0 fully saturated rings. The number of rotatable bonds is 5. The minimum Gasteiger partial charge on any atom is -0.481 e. The third kappa shape index (κ3) is 4.86. The summed E-state index contributed by atoms with van der Waals surface area (Å²) in [6.07, 6.45) is 0.898. The highest BCUT2D eigenvalue weighted by molar-refractivity contribution is 9.10. The molecule has 1 N–H and O–H groups in total. The third-order valence-electron chi connectivity index (χ3n) is 2.78. The van der Waals surface area contributed by atoms with Crippen LogP contribution in [0.15, 0.2) is 58.1 Å². The van der Waals surface area contributed by atoms with E-state index in [4.69, 9.17) is 16.3 Å². The lowest BCUT2D eigenvalue weighted by atomic mass is 10.2. The van der Waals surface area contributed by atoms with Crippen LogP contribution in [0.3, 0.4) is 0 Å². The van der Waals surface area contributed by atoms with Crippen molar-refractivity contribution in [2.75, 3.05) is 0 Å². The Morgan fingerprint density at radius 2 is 1.95 bits per heavy atom. The van der Waals surface area contributed by atoms with Gasteiger partial charge in [-0.1, -0.05) is 45.7 Å². The van der Waals surface area contributed by atoms with Crippen LogP contribution in [-0.2, 0) is 4.79 Å². The summed E-state index contributed by atoms with van der Waals surface area (Å²) < 4.78 is 6.41. The second kappa shape index (κ2) is 7.96. The Labute approximate surface area is 142 Å². The van der Waals surface area contributed by atoms with Crippen molar-refractivity contribution in [2.24, 2.45) is 5.10 Å². The number of carbonyl (C=O) groups is 1. The molecule has 0 aliphatic carbocycles. The first kappa shape index (κ1) is 16.5. The molecule has 1 amide bonds. The van der Waals surface area contributed by atoms with Crippen molar-refractivity contribution in [2.45, 2.75) is 13.0 Å². The van der Waals surface area contributed by atoms with E-state index < -0.39 is 6.10 Å². The summed E-state index contributed by atoms with van der Waals surface area (Å²) in [5.41, 5.74) is 3.32. The van der Waals surface area contributed by atoms with Gasteiger partial charge in [0.15, 0.2) is 6.10 Å². The molecule has 0 saturated carbocycles. The van der Waals surface area contributed by atoms with Crippen LogP contribution in [0.2, 0.25) is 5.02 Å². The highest BCUT2D eigenvalue weighted by Crippen LogP contribution is 2.17. The van der Waals surface area contributed by atoms with Crippen molar-refractivity contribution in [3.05, 3.63) is 63.6 Å². The Morgan fingerprint density at radius 3 is 2.64 bits per heavy atom. The predicted molar refractivity (Wildman–Crippen MR) is 91.4 cm³/mol. The van der Waals surface area contributed by atoms with Crippen LogP contribution in [0.5, 0.6) is 5.75 Å². The normalized spacial score (nSPS) is 12.1. The minimum atomic E-state index is -0.669. The van der Waals surface area contributed by atoms with Crippen LogP contribution in [0, 0.1) is 0 Å². The molecule has 0 aliphatic heterocycles. The van der Waals surface area contributed by atoms with Crippen molar-refractivity contribution in [1.29, 1.82) is 0 Å². The van der Waals surface area contributed by atoms with Crippen molar-refractivity contribution in [3.63, 3.8) is 0 Å². The lowest BCUT2D eigenvalue weighted by molar-refractivity contribution is -0.127. The molecule has 0 saturated heterocycles. The Morgan fingerprint density at radius 1 is 1.27 bits per heavy atom. The van der Waals surface area contributed by atoms with Crippen LogP contribution in [-0.4, -0.2) is 18.2 Å². The van der Waals surface area contributed by atoms with E-state index in [0.717, 1.165) is 10.0 Å². The smallest absolute Gasteiger partial charge is 0.280 e. The number of amides is 1. The summed E-state index contributed by atoms with van der Waals surface area (Å²) in [5, 5.41) is 4.54. The SMILES string of the molecule is C[C@H](Oc1ccc(Cl)cc1)C(=O)N/N=C\c1ccccc1Br. The fourth-order valence-electron chi connectivity index (χ4n) is 1.61. The molecule has 0 spiro atoms. The van der Waals surface area contributed by atoms with Crippen molar-refractivity contribution >= 4 is 39.7 Å². The van der Waals surface area contributed by atoms with Gasteiger partial charge in [-0.3, -0.25) is 4.79 Å². The average molecular weight is 382 g/mol. The van der Waals surface area contributed by atoms with E-state index in [2.05, 4.69) is 26.5 Å². The monoisotopic (exact) mass is 380 g/mol. The lowest BCUT2D eigenvalue weighted by Crippen LogP contribution is -2.33. The molecule has 0 radical (unpaired) electrons. The summed E-state index contributed by atoms with van der Waals surface area (Å²) in [5.74, 6) is 0.236. The van der Waals surface area contributed by atoms with E-state index in [9.17, 15) is 4.79 Å². The van der Waals surface area contributed by atoms with E-state index in [0.29, 0.717) is 10.8 Å². The first-order valence-electron chi connectivity index (χ1n) is 6.56. The second-order valence-corrected chi connectivity index (χ2v) is 5.76. The van der Waals surface area contributed by atoms with E-state index in [1.54, 1.807) is 37.4 Å². The van der Waals surface area contributed by atoms with E-state index >= 15 is 0 Å². The number of hydrazone groups is 1. The minimum absolute atomic E-state index is 0.335. The van der Waals surface area contributed by atoms with E-state index in [-0.39, 0.29) is 5.91 Å². The van der Waals surface area contributed by atoms with Gasteiger partial charge in [0, 0.05) is 15.1 Å². The number of carbonyl (C=O) groups excluding carboxylic acids is 1. The Bertz CT molecular complexity index is 674. The predicted octanol–water partition coefficient (Wildman–Crippen LogP) is 4.02. The van der Waals surface area contributed by atoms with Gasteiger partial charge in [0.05, 0.1) is 6.21 Å². The van der Waals surface area contributed by atoms with Gasteiger partial charge >= 0.3 is 0 Å². The van der Waals surface area contributed by atoms with Gasteiger partial charge in [-0.2, -0.15) is 5.10 Å². The van der Waals surface area contributed by atoms with Gasteiger partial charge in [-0.15, -0.1) is 0 Å². The number of benzene rings is 2. The number of nitrogens with one attached hydrogen (secondary N) is 1. The molecule has 0 aromatic heterocycles. The Balaban J connectivity index is 1.89. The maximum absolute atomic E-state index is 11.9. The molecule has 114 valence electrons. The van der Waals surface area contributed by atoms with Gasteiger partial charge in [0.25, 0.3) is 5.91 Å². The Hall–Kier alpha value is -1.85. The highest BCUT2D eigenvalue weighted by Gasteiger charge is 2.13. The summed E-state index contributed by atoms with van der Waals surface area (Å²) in [6, 6.07) is 14.4. The molecular weight excluding hydrogens is 368 g/mol. The number of halogens is 2. The zero-order chi connectivity index (χ0) is 15.9. The molecule has 2 aromatic rings. The quantitative estimate of drug-likeness (QED) is 0.628. The topological polar surface area (TPSA) is 50.7 Å². The fraction of sp³-hybridized carbons (Fsp3) is 0.125. The standard InChI is InChI=1S/C16H14BrClN2O2/c1-11(22-14-8-6-13(18)7-9-14)16(21)20-19-10-12-4-2-3-5-15(12)17/h2-11H,1H3,(H,20,21)/b19-10-/t11-/m0/s1. The Kier molecular flexibility index (Phi) is 5.98. The summed E-state index contributed by atoms with van der Waals surface area (Å²) in [6.45, 7) is 1.65. The van der Waals surface area contributed by atoms with Crippen LogP contribution in [0.4, 0.5) is 0 Å². The molecule has 0 aliphatic rings. The summed E-state index contributed by atoms with van der Waals surface area (Å²) in [4.78, 5) is 11.9. The molecule has 0 unspecified atom stereocenters. The number of hydrogen-bond acceptors (Lipinski definition) is 3. The van der Waals surface area contributed by atoms with Gasteiger partial charge in [-0.25, -0.2) is 5.43 Å². The van der Waals surface area contributed by atoms with Gasteiger partial charge in [0.1, 0.15) is 5.75 Å². The van der Waals surface area contributed by atoms with Gasteiger partial charge in [-0.05, 0) is 37.3 Å². The van der Waals surface area contributed by atoms with Gasteiger partial charge < -0.3 is 4.74 Å². The number of nitrogens with zero attached hydrogens (tertiary/aromatic N) is 1. The summed E-state index contributed by atoms with van der Waals surface area (Å²) >= 11 is 9.20. The van der Waals surface area contributed by atoms with Crippen molar-refractivity contribution in [1.82, 2.24) is 5.43 Å².